The van der Waals surface area contributed by atoms with Gasteiger partial charge >= 0.3 is 6.18 Å². The maximum absolute atomic E-state index is 13.9. The second-order valence-electron chi connectivity index (χ2n) is 8.20. The third-order valence-corrected chi connectivity index (χ3v) is 5.70. The molecular formula is C24H16F4N10. The average Bonchev–Trinajstić information content (AvgIpc) is 3.62. The number of benzene rings is 1. The van der Waals surface area contributed by atoms with Crippen LogP contribution >= 0.6 is 0 Å². The van der Waals surface area contributed by atoms with Crippen molar-refractivity contribution in [1.29, 1.82) is 0 Å². The van der Waals surface area contributed by atoms with Gasteiger partial charge in [0, 0.05) is 37.1 Å². The van der Waals surface area contributed by atoms with E-state index in [2.05, 4.69) is 35.7 Å². The van der Waals surface area contributed by atoms with Crippen LogP contribution in [0.25, 0.3) is 34.1 Å². The van der Waals surface area contributed by atoms with E-state index in [-0.39, 0.29) is 17.2 Å². The Morgan fingerprint density at radius 3 is 2.58 bits per heavy atom. The van der Waals surface area contributed by atoms with Gasteiger partial charge in [-0.2, -0.15) is 23.4 Å². The van der Waals surface area contributed by atoms with Crippen LogP contribution in [0.3, 0.4) is 0 Å². The monoisotopic (exact) mass is 520 g/mol. The van der Waals surface area contributed by atoms with Gasteiger partial charge < -0.3 is 5.32 Å². The highest BCUT2D eigenvalue weighted by atomic mass is 19.4. The molecule has 0 atom stereocenters. The van der Waals surface area contributed by atoms with Crippen LogP contribution in [0.15, 0.2) is 73.2 Å². The molecule has 0 spiro atoms. The maximum Gasteiger partial charge on any atom is 0.435 e. The van der Waals surface area contributed by atoms with Gasteiger partial charge in [0.05, 0.1) is 17.6 Å². The smallest absolute Gasteiger partial charge is 0.309 e. The fourth-order valence-electron chi connectivity index (χ4n) is 3.90. The molecule has 190 valence electrons. The molecule has 0 saturated carbocycles. The molecule has 1 N–H and O–H groups in total. The molecule has 5 aromatic heterocycles. The number of aromatic nitrogens is 9. The summed E-state index contributed by atoms with van der Waals surface area (Å²) in [6.45, 7) is 0. The Hall–Kier alpha value is -5.14. The van der Waals surface area contributed by atoms with Gasteiger partial charge in [-0.3, -0.25) is 9.08 Å². The zero-order valence-corrected chi connectivity index (χ0v) is 19.5. The molecule has 0 amide bonds. The Bertz CT molecular complexity index is 1780. The summed E-state index contributed by atoms with van der Waals surface area (Å²) in [7, 11) is 1.78. The van der Waals surface area contributed by atoms with Crippen LogP contribution in [-0.4, -0.2) is 44.1 Å². The number of hydrogen-bond acceptors (Lipinski definition) is 7. The van der Waals surface area contributed by atoms with Gasteiger partial charge in [0.2, 0.25) is 5.95 Å². The third kappa shape index (κ3) is 4.21. The molecule has 0 saturated heterocycles. The SMILES string of the molecule is Cn1nccc1Nc1nccc(-c2ccn3c(-c4cc(C(F)(F)F)nn4-c4cccc(F)c4)nnc3c2)n1. The highest BCUT2D eigenvalue weighted by Crippen LogP contribution is 2.33. The molecule has 14 heteroatoms. The molecule has 6 rings (SSSR count). The minimum absolute atomic E-state index is 0.00660. The number of rotatable bonds is 5. The van der Waals surface area contributed by atoms with Crippen molar-refractivity contribution in [3.05, 3.63) is 84.7 Å². The maximum atomic E-state index is 13.9. The standard InChI is InChI=1S/C24H16F4N10/c1-36-20(6-9-30-36)32-23-29-8-5-17(31-23)14-7-10-37-21(11-14)33-34-22(37)18-13-19(24(26,27)28)35-38(18)16-4-2-3-15(25)12-16/h2-13H,1H3,(H,29,31,32). The lowest BCUT2D eigenvalue weighted by Gasteiger charge is -2.08. The number of fused-ring (bicyclic) bond motifs is 1. The van der Waals surface area contributed by atoms with Crippen LogP contribution in [0.2, 0.25) is 0 Å². The number of hydrogen-bond donors (Lipinski definition) is 1. The first-order valence-electron chi connectivity index (χ1n) is 11.1. The molecule has 38 heavy (non-hydrogen) atoms. The summed E-state index contributed by atoms with van der Waals surface area (Å²) in [5, 5.41) is 19.1. The summed E-state index contributed by atoms with van der Waals surface area (Å²) in [5.74, 6) is 0.537. The summed E-state index contributed by atoms with van der Waals surface area (Å²) in [5.41, 5.74) is 0.589. The van der Waals surface area contributed by atoms with Crippen molar-refractivity contribution in [2.45, 2.75) is 6.18 Å². The van der Waals surface area contributed by atoms with Crippen LogP contribution in [0.1, 0.15) is 5.69 Å². The molecular weight excluding hydrogens is 504 g/mol. The summed E-state index contributed by atoms with van der Waals surface area (Å²) in [6.07, 6.45) is 0.138. The highest BCUT2D eigenvalue weighted by Gasteiger charge is 2.36. The molecule has 1 aromatic carbocycles. The summed E-state index contributed by atoms with van der Waals surface area (Å²) >= 11 is 0. The van der Waals surface area contributed by atoms with E-state index < -0.39 is 17.7 Å². The van der Waals surface area contributed by atoms with E-state index in [0.29, 0.717) is 28.7 Å². The normalized spacial score (nSPS) is 11.8. The topological polar surface area (TPSA) is 104 Å². The quantitative estimate of drug-likeness (QED) is 0.330. The number of nitrogens with one attached hydrogen (secondary N) is 1. The molecule has 0 aliphatic heterocycles. The fraction of sp³-hybridized carbons (Fsp3) is 0.0833. The number of pyridine rings is 1. The van der Waals surface area contributed by atoms with Crippen LogP contribution in [0.4, 0.5) is 29.3 Å². The Morgan fingerprint density at radius 2 is 1.82 bits per heavy atom. The van der Waals surface area contributed by atoms with Crippen LogP contribution in [0, 0.1) is 5.82 Å². The molecule has 5 heterocycles. The van der Waals surface area contributed by atoms with Gasteiger partial charge in [-0.1, -0.05) is 6.07 Å². The van der Waals surface area contributed by atoms with E-state index in [1.807, 2.05) is 0 Å². The van der Waals surface area contributed by atoms with Gasteiger partial charge in [-0.05, 0) is 36.4 Å². The molecule has 0 fully saturated rings. The Morgan fingerprint density at radius 1 is 0.947 bits per heavy atom. The van der Waals surface area contributed by atoms with Gasteiger partial charge in [0.25, 0.3) is 0 Å². The molecule has 10 nitrogen and oxygen atoms in total. The van der Waals surface area contributed by atoms with Crippen molar-refractivity contribution in [2.24, 2.45) is 7.05 Å². The van der Waals surface area contributed by atoms with Crippen molar-refractivity contribution >= 4 is 17.4 Å². The second kappa shape index (κ2) is 8.76. The molecule has 0 radical (unpaired) electrons. The number of nitrogens with zero attached hydrogens (tertiary/aromatic N) is 9. The Labute approximate surface area is 211 Å². The lowest BCUT2D eigenvalue weighted by Crippen LogP contribution is -2.07. The summed E-state index contributed by atoms with van der Waals surface area (Å²) in [6, 6.07) is 12.9. The summed E-state index contributed by atoms with van der Waals surface area (Å²) in [4.78, 5) is 8.76. The van der Waals surface area contributed by atoms with Gasteiger partial charge in [-0.25, -0.2) is 19.0 Å². The summed E-state index contributed by atoms with van der Waals surface area (Å²) < 4.78 is 58.6. The van der Waals surface area contributed by atoms with Crippen molar-refractivity contribution in [2.75, 3.05) is 5.32 Å². The number of anilines is 2. The average molecular weight is 520 g/mol. The van der Waals surface area contributed by atoms with E-state index in [9.17, 15) is 17.6 Å². The largest absolute Gasteiger partial charge is 0.435 e. The third-order valence-electron chi connectivity index (χ3n) is 5.70. The van der Waals surface area contributed by atoms with Crippen molar-refractivity contribution in [3.63, 3.8) is 0 Å². The fourth-order valence-corrected chi connectivity index (χ4v) is 3.90. The van der Waals surface area contributed by atoms with Crippen LogP contribution in [-0.2, 0) is 13.2 Å². The molecule has 0 aliphatic carbocycles. The number of aryl methyl sites for hydroxylation is 1. The lowest BCUT2D eigenvalue weighted by molar-refractivity contribution is -0.141. The van der Waals surface area contributed by atoms with Crippen LogP contribution in [0.5, 0.6) is 0 Å². The Balaban J connectivity index is 1.40. The van der Waals surface area contributed by atoms with E-state index in [1.54, 1.807) is 54.6 Å². The van der Waals surface area contributed by atoms with Crippen LogP contribution < -0.4 is 5.32 Å². The Kier molecular flexibility index (Phi) is 5.36. The molecule has 0 unspecified atom stereocenters. The van der Waals surface area contributed by atoms with Gasteiger partial charge in [0.15, 0.2) is 17.2 Å². The van der Waals surface area contributed by atoms with Gasteiger partial charge in [0.1, 0.15) is 17.3 Å². The lowest BCUT2D eigenvalue weighted by atomic mass is 10.2. The van der Waals surface area contributed by atoms with E-state index in [1.165, 1.54) is 22.6 Å². The molecule has 6 aromatic rings. The van der Waals surface area contributed by atoms with Crippen molar-refractivity contribution in [3.8, 4) is 28.5 Å². The van der Waals surface area contributed by atoms with E-state index >= 15 is 0 Å². The predicted octanol–water partition coefficient (Wildman–Crippen LogP) is 4.67. The van der Waals surface area contributed by atoms with E-state index in [0.717, 1.165) is 16.8 Å². The second-order valence-corrected chi connectivity index (χ2v) is 8.20. The number of alkyl halides is 3. The zero-order chi connectivity index (χ0) is 26.4. The molecule has 0 bridgehead atoms. The van der Waals surface area contributed by atoms with Crippen molar-refractivity contribution in [1.82, 2.24) is 44.1 Å². The first-order chi connectivity index (χ1) is 18.3. The van der Waals surface area contributed by atoms with E-state index in [4.69, 9.17) is 0 Å². The minimum Gasteiger partial charge on any atom is -0.309 e. The van der Waals surface area contributed by atoms with Gasteiger partial charge in [-0.15, -0.1) is 10.2 Å². The zero-order valence-electron chi connectivity index (χ0n) is 19.5. The first-order valence-corrected chi connectivity index (χ1v) is 11.1. The molecule has 0 aliphatic rings. The first kappa shape index (κ1) is 23.3. The minimum atomic E-state index is -4.71. The highest BCUT2D eigenvalue weighted by molar-refractivity contribution is 5.68. The number of halogens is 4. The van der Waals surface area contributed by atoms with Crippen molar-refractivity contribution < 1.29 is 17.6 Å². The predicted molar refractivity (Wildman–Crippen MR) is 128 cm³/mol.